The van der Waals surface area contributed by atoms with Crippen molar-refractivity contribution in [2.75, 3.05) is 30.9 Å². The Morgan fingerprint density at radius 1 is 1.25 bits per heavy atom. The summed E-state index contributed by atoms with van der Waals surface area (Å²) in [7, 11) is 1.56. The van der Waals surface area contributed by atoms with E-state index in [4.69, 9.17) is 4.74 Å². The van der Waals surface area contributed by atoms with Gasteiger partial charge in [0.05, 0.1) is 6.54 Å². The lowest BCUT2D eigenvalue weighted by atomic mass is 10.3. The highest BCUT2D eigenvalue weighted by Gasteiger charge is 2.09. The number of aromatic nitrogens is 2. The van der Waals surface area contributed by atoms with Crippen LogP contribution in [0.25, 0.3) is 0 Å². The van der Waals surface area contributed by atoms with Gasteiger partial charge in [-0.15, -0.1) is 0 Å². The lowest BCUT2D eigenvalue weighted by Crippen LogP contribution is -2.34. The molecular formula is C16H20N4O4. The Labute approximate surface area is 138 Å². The first-order valence-corrected chi connectivity index (χ1v) is 7.52. The second-order valence-corrected chi connectivity index (χ2v) is 5.09. The smallest absolute Gasteiger partial charge is 0.329 e. The summed E-state index contributed by atoms with van der Waals surface area (Å²) in [6.45, 7) is 0.808. The van der Waals surface area contributed by atoms with Crippen molar-refractivity contribution in [3.63, 3.8) is 0 Å². The van der Waals surface area contributed by atoms with Gasteiger partial charge in [-0.25, -0.2) is 4.79 Å². The molecule has 1 aromatic carbocycles. The number of nitrogens with zero attached hydrogens (tertiary/aromatic N) is 1. The third kappa shape index (κ3) is 5.10. The second kappa shape index (κ2) is 8.68. The third-order valence-corrected chi connectivity index (χ3v) is 3.26. The van der Waals surface area contributed by atoms with Crippen molar-refractivity contribution in [1.29, 1.82) is 0 Å². The fraction of sp³-hybridized carbons (Fsp3) is 0.312. The molecule has 0 bridgehead atoms. The number of anilines is 2. The molecule has 128 valence electrons. The number of para-hydroxylation sites is 1. The summed E-state index contributed by atoms with van der Waals surface area (Å²) in [6.07, 6.45) is 0.577. The van der Waals surface area contributed by atoms with Crippen molar-refractivity contribution in [3.05, 3.63) is 57.2 Å². The van der Waals surface area contributed by atoms with E-state index in [0.717, 1.165) is 5.69 Å². The molecule has 0 saturated carbocycles. The summed E-state index contributed by atoms with van der Waals surface area (Å²) in [5, 5.41) is 5.55. The zero-order valence-corrected chi connectivity index (χ0v) is 13.4. The summed E-state index contributed by atoms with van der Waals surface area (Å²) in [5.74, 6) is -0.191. The van der Waals surface area contributed by atoms with Gasteiger partial charge in [-0.2, -0.15) is 0 Å². The van der Waals surface area contributed by atoms with E-state index in [0.29, 0.717) is 19.6 Å². The molecule has 3 N–H and O–H groups in total. The number of benzene rings is 1. The number of methoxy groups -OCH3 is 1. The average Bonchev–Trinajstić information content (AvgIpc) is 2.56. The average molecular weight is 332 g/mol. The monoisotopic (exact) mass is 332 g/mol. The quantitative estimate of drug-likeness (QED) is 0.615. The van der Waals surface area contributed by atoms with Gasteiger partial charge in [-0.3, -0.25) is 19.1 Å². The normalized spacial score (nSPS) is 10.4. The number of amides is 1. The molecule has 2 aromatic rings. The van der Waals surface area contributed by atoms with Crippen molar-refractivity contribution in [2.24, 2.45) is 0 Å². The standard InChI is InChI=1S/C16H20N4O4/c1-24-9-5-8-20-13(10-14(21)19-16(20)23)18-15(22)11-17-12-6-3-2-4-7-12/h2-4,6-7,10,17H,5,8-9,11H2,1H3,(H,18,22)(H,19,21,23). The number of ether oxygens (including phenoxy) is 1. The number of carbonyl (C=O) groups is 1. The molecule has 0 spiro atoms. The van der Waals surface area contributed by atoms with Crippen LogP contribution in [0, 0.1) is 0 Å². The lowest BCUT2D eigenvalue weighted by Gasteiger charge is -2.13. The van der Waals surface area contributed by atoms with Gasteiger partial charge >= 0.3 is 5.69 Å². The maximum atomic E-state index is 12.1. The van der Waals surface area contributed by atoms with Crippen LogP contribution in [-0.4, -0.2) is 35.7 Å². The van der Waals surface area contributed by atoms with E-state index >= 15 is 0 Å². The SMILES string of the molecule is COCCCn1c(NC(=O)CNc2ccccc2)cc(=O)[nH]c1=O. The number of hydrogen-bond donors (Lipinski definition) is 3. The highest BCUT2D eigenvalue weighted by atomic mass is 16.5. The molecule has 8 nitrogen and oxygen atoms in total. The Morgan fingerprint density at radius 3 is 2.71 bits per heavy atom. The van der Waals surface area contributed by atoms with E-state index < -0.39 is 11.2 Å². The Hall–Kier alpha value is -2.87. The molecule has 0 aliphatic heterocycles. The van der Waals surface area contributed by atoms with E-state index in [-0.39, 0.29) is 18.3 Å². The minimum atomic E-state index is -0.565. The molecule has 0 radical (unpaired) electrons. The third-order valence-electron chi connectivity index (χ3n) is 3.26. The van der Waals surface area contributed by atoms with Gasteiger partial charge in [0, 0.05) is 32.0 Å². The Morgan fingerprint density at radius 2 is 2.00 bits per heavy atom. The van der Waals surface area contributed by atoms with Crippen molar-refractivity contribution >= 4 is 17.4 Å². The van der Waals surface area contributed by atoms with Crippen LogP contribution in [0.3, 0.4) is 0 Å². The van der Waals surface area contributed by atoms with Crippen molar-refractivity contribution in [3.8, 4) is 0 Å². The molecule has 8 heteroatoms. The van der Waals surface area contributed by atoms with Crippen molar-refractivity contribution < 1.29 is 9.53 Å². The largest absolute Gasteiger partial charge is 0.385 e. The summed E-state index contributed by atoms with van der Waals surface area (Å²) < 4.78 is 6.26. The van der Waals surface area contributed by atoms with Crippen LogP contribution in [-0.2, 0) is 16.1 Å². The zero-order chi connectivity index (χ0) is 17.4. The second-order valence-electron chi connectivity index (χ2n) is 5.09. The summed E-state index contributed by atoms with van der Waals surface area (Å²) in [4.78, 5) is 37.7. The Balaban J connectivity index is 2.05. The minimum Gasteiger partial charge on any atom is -0.385 e. The topological polar surface area (TPSA) is 105 Å². The van der Waals surface area contributed by atoms with Crippen LogP contribution >= 0.6 is 0 Å². The summed E-state index contributed by atoms with van der Waals surface area (Å²) in [5.41, 5.74) is -0.324. The number of rotatable bonds is 8. The highest BCUT2D eigenvalue weighted by Crippen LogP contribution is 2.05. The van der Waals surface area contributed by atoms with E-state index in [2.05, 4.69) is 15.6 Å². The summed E-state index contributed by atoms with van der Waals surface area (Å²) >= 11 is 0. The first kappa shape index (κ1) is 17.5. The first-order chi connectivity index (χ1) is 11.6. The minimum absolute atomic E-state index is 0.0169. The predicted octanol–water partition coefficient (Wildman–Crippen LogP) is 0.624. The molecule has 0 aliphatic rings. The fourth-order valence-corrected chi connectivity index (χ4v) is 2.14. The van der Waals surface area contributed by atoms with Gasteiger partial charge < -0.3 is 15.4 Å². The summed E-state index contributed by atoms with van der Waals surface area (Å²) in [6, 6.07) is 10.4. The molecule has 1 amide bonds. The molecule has 0 aliphatic carbocycles. The molecular weight excluding hydrogens is 312 g/mol. The van der Waals surface area contributed by atoms with Gasteiger partial charge in [-0.05, 0) is 18.6 Å². The Bertz CT molecular complexity index is 783. The molecule has 0 fully saturated rings. The highest BCUT2D eigenvalue weighted by molar-refractivity contribution is 5.92. The van der Waals surface area contributed by atoms with E-state index in [9.17, 15) is 14.4 Å². The number of H-pyrrole nitrogens is 1. The van der Waals surface area contributed by atoms with Crippen LogP contribution < -0.4 is 21.9 Å². The van der Waals surface area contributed by atoms with Gasteiger partial charge in [0.15, 0.2) is 0 Å². The van der Waals surface area contributed by atoms with E-state index in [1.54, 1.807) is 7.11 Å². The van der Waals surface area contributed by atoms with Gasteiger partial charge in [0.2, 0.25) is 5.91 Å². The maximum absolute atomic E-state index is 12.1. The fourth-order valence-electron chi connectivity index (χ4n) is 2.14. The molecule has 0 atom stereocenters. The predicted molar refractivity (Wildman–Crippen MR) is 91.4 cm³/mol. The number of carbonyl (C=O) groups excluding carboxylic acids is 1. The van der Waals surface area contributed by atoms with Crippen molar-refractivity contribution in [1.82, 2.24) is 9.55 Å². The molecule has 2 rings (SSSR count). The van der Waals surface area contributed by atoms with Crippen LogP contribution in [0.2, 0.25) is 0 Å². The van der Waals surface area contributed by atoms with Crippen LogP contribution in [0.15, 0.2) is 46.0 Å². The molecule has 1 heterocycles. The van der Waals surface area contributed by atoms with Crippen LogP contribution in [0.5, 0.6) is 0 Å². The molecule has 0 saturated heterocycles. The van der Waals surface area contributed by atoms with E-state index in [1.165, 1.54) is 10.6 Å². The van der Waals surface area contributed by atoms with E-state index in [1.807, 2.05) is 30.3 Å². The number of nitrogens with one attached hydrogen (secondary N) is 3. The zero-order valence-electron chi connectivity index (χ0n) is 13.4. The number of hydrogen-bond acceptors (Lipinski definition) is 5. The lowest BCUT2D eigenvalue weighted by molar-refractivity contribution is -0.114. The first-order valence-electron chi connectivity index (χ1n) is 7.52. The van der Waals surface area contributed by atoms with Gasteiger partial charge in [-0.1, -0.05) is 18.2 Å². The van der Waals surface area contributed by atoms with Crippen LogP contribution in [0.4, 0.5) is 11.5 Å². The van der Waals surface area contributed by atoms with Crippen LogP contribution in [0.1, 0.15) is 6.42 Å². The number of aromatic amines is 1. The van der Waals surface area contributed by atoms with Gasteiger partial charge in [0.25, 0.3) is 5.56 Å². The maximum Gasteiger partial charge on any atom is 0.329 e. The Kier molecular flexibility index (Phi) is 6.32. The van der Waals surface area contributed by atoms with Crippen molar-refractivity contribution in [2.45, 2.75) is 13.0 Å². The van der Waals surface area contributed by atoms with Gasteiger partial charge in [0.1, 0.15) is 5.82 Å². The molecule has 24 heavy (non-hydrogen) atoms. The molecule has 0 unspecified atom stereocenters. The molecule has 1 aromatic heterocycles.